The molecule has 0 fully saturated rings. The highest BCUT2D eigenvalue weighted by Crippen LogP contribution is 2.49. The van der Waals surface area contributed by atoms with Gasteiger partial charge in [0.15, 0.2) is 0 Å². The molecule has 0 N–H and O–H groups in total. The van der Waals surface area contributed by atoms with Gasteiger partial charge in [-0.05, 0) is 19.3 Å². The molecule has 0 radical (unpaired) electrons. The van der Waals surface area contributed by atoms with Crippen molar-refractivity contribution in [3.8, 4) is 0 Å². The van der Waals surface area contributed by atoms with Gasteiger partial charge in [-0.1, -0.05) is 39.0 Å². The van der Waals surface area contributed by atoms with E-state index < -0.39 is 7.82 Å². The first-order valence-electron chi connectivity index (χ1n) is 7.84. The average molecular weight is 363 g/mol. The summed E-state index contributed by atoms with van der Waals surface area (Å²) in [5.74, 6) is 0.915. The summed E-state index contributed by atoms with van der Waals surface area (Å²) in [6, 6.07) is 0. The molecule has 0 saturated carbocycles. The van der Waals surface area contributed by atoms with Gasteiger partial charge in [0.05, 0.1) is 19.8 Å². The van der Waals surface area contributed by atoms with Crippen LogP contribution in [0.1, 0.15) is 58.3 Å². The largest absolute Gasteiger partial charge is 0.474 e. The van der Waals surface area contributed by atoms with Crippen LogP contribution in [-0.4, -0.2) is 31.6 Å². The highest BCUT2D eigenvalue weighted by atomic mass is 35.5. The topological polar surface area (TPSA) is 44.8 Å². The Balaban J connectivity index is 3.88. The fourth-order valence-electron chi connectivity index (χ4n) is 1.63. The summed E-state index contributed by atoms with van der Waals surface area (Å²) in [7, 11) is -3.46. The molecule has 0 aromatic heterocycles. The summed E-state index contributed by atoms with van der Waals surface area (Å²) in [5.41, 5.74) is 0. The fraction of sp³-hybridized carbons (Fsp3) is 1.00. The van der Waals surface area contributed by atoms with E-state index in [1.165, 1.54) is 25.7 Å². The van der Waals surface area contributed by atoms with Crippen molar-refractivity contribution in [2.24, 2.45) is 0 Å². The summed E-state index contributed by atoms with van der Waals surface area (Å²) in [5, 5.41) is 0. The third-order valence-electron chi connectivity index (χ3n) is 2.80. The maximum absolute atomic E-state index is 12.3. The molecule has 0 aliphatic rings. The summed E-state index contributed by atoms with van der Waals surface area (Å²) in [4.78, 5) is 0. The molecule has 0 aliphatic heterocycles. The number of halogens is 2. The molecule has 0 aromatic carbocycles. The smallest absolute Gasteiger partial charge is 0.287 e. The second-order valence-electron chi connectivity index (χ2n) is 4.80. The van der Waals surface area contributed by atoms with Gasteiger partial charge in [0.2, 0.25) is 0 Å². The molecule has 0 aliphatic carbocycles. The second-order valence-corrected chi connectivity index (χ2v) is 7.22. The van der Waals surface area contributed by atoms with Gasteiger partial charge in [0.1, 0.15) is 0 Å². The summed E-state index contributed by atoms with van der Waals surface area (Å²) >= 11 is 11.2. The lowest BCUT2D eigenvalue weighted by Crippen LogP contribution is -2.04. The van der Waals surface area contributed by atoms with Crippen molar-refractivity contribution < 1.29 is 18.1 Å². The lowest BCUT2D eigenvalue weighted by Gasteiger charge is -2.17. The van der Waals surface area contributed by atoms with Gasteiger partial charge < -0.3 is 0 Å². The molecule has 0 saturated heterocycles. The molecule has 0 rings (SSSR count). The lowest BCUT2D eigenvalue weighted by atomic mass is 10.1. The first-order chi connectivity index (χ1) is 10.2. The fourth-order valence-corrected chi connectivity index (χ4v) is 3.13. The van der Waals surface area contributed by atoms with Crippen LogP contribution >= 0.6 is 31.0 Å². The zero-order chi connectivity index (χ0) is 15.8. The quantitative estimate of drug-likeness (QED) is 0.199. The van der Waals surface area contributed by atoms with E-state index in [1.807, 2.05) is 0 Å². The normalized spacial score (nSPS) is 12.0. The van der Waals surface area contributed by atoms with Crippen LogP contribution in [0.4, 0.5) is 0 Å². The van der Waals surface area contributed by atoms with E-state index in [1.54, 1.807) is 0 Å². The number of hydrogen-bond acceptors (Lipinski definition) is 4. The van der Waals surface area contributed by atoms with Crippen LogP contribution in [0.15, 0.2) is 0 Å². The SMILES string of the molecule is CCCCCCCCOP(=O)(OCCCCl)OCCCCl. The van der Waals surface area contributed by atoms with Crippen LogP contribution in [0.5, 0.6) is 0 Å². The Morgan fingerprint density at radius 1 is 0.714 bits per heavy atom. The zero-order valence-electron chi connectivity index (χ0n) is 13.0. The van der Waals surface area contributed by atoms with Crippen LogP contribution < -0.4 is 0 Å². The third kappa shape index (κ3) is 14.0. The van der Waals surface area contributed by atoms with Crippen LogP contribution in [0.3, 0.4) is 0 Å². The molecule has 0 atom stereocenters. The first kappa shape index (κ1) is 21.7. The number of alkyl halides is 2. The van der Waals surface area contributed by atoms with Crippen molar-refractivity contribution in [2.45, 2.75) is 58.3 Å². The Morgan fingerprint density at radius 3 is 1.62 bits per heavy atom. The van der Waals surface area contributed by atoms with Gasteiger partial charge in [-0.15, -0.1) is 23.2 Å². The molecule has 0 amide bonds. The summed E-state index contributed by atoms with van der Waals surface area (Å²) in [6.07, 6.45) is 8.09. The van der Waals surface area contributed by atoms with Crippen molar-refractivity contribution in [3.63, 3.8) is 0 Å². The third-order valence-corrected chi connectivity index (χ3v) is 4.83. The van der Waals surface area contributed by atoms with Gasteiger partial charge in [-0.25, -0.2) is 4.57 Å². The molecule has 0 bridgehead atoms. The van der Waals surface area contributed by atoms with Crippen molar-refractivity contribution in [1.82, 2.24) is 0 Å². The maximum Gasteiger partial charge on any atom is 0.474 e. The zero-order valence-corrected chi connectivity index (χ0v) is 15.4. The molecule has 4 nitrogen and oxygen atoms in total. The molecule has 0 aromatic rings. The molecule has 7 heteroatoms. The predicted octanol–water partition coefficient (Wildman–Crippen LogP) is 5.76. The number of phosphoric acid groups is 1. The maximum atomic E-state index is 12.3. The van der Waals surface area contributed by atoms with Gasteiger partial charge in [0.25, 0.3) is 0 Å². The molecular formula is C14H29Cl2O4P. The molecule has 128 valence electrons. The highest BCUT2D eigenvalue weighted by Gasteiger charge is 2.25. The minimum Gasteiger partial charge on any atom is -0.287 e. The van der Waals surface area contributed by atoms with Gasteiger partial charge in [-0.2, -0.15) is 0 Å². The van der Waals surface area contributed by atoms with E-state index in [0.29, 0.717) is 31.2 Å². The average Bonchev–Trinajstić information content (AvgIpc) is 2.47. The predicted molar refractivity (Wildman–Crippen MR) is 89.5 cm³/mol. The van der Waals surface area contributed by atoms with E-state index in [-0.39, 0.29) is 13.2 Å². The van der Waals surface area contributed by atoms with Crippen molar-refractivity contribution >= 4 is 31.0 Å². The number of unbranched alkanes of at least 4 members (excludes halogenated alkanes) is 5. The van der Waals surface area contributed by atoms with Crippen molar-refractivity contribution in [3.05, 3.63) is 0 Å². The van der Waals surface area contributed by atoms with Crippen molar-refractivity contribution in [1.29, 1.82) is 0 Å². The number of hydrogen-bond donors (Lipinski definition) is 0. The Morgan fingerprint density at radius 2 is 1.14 bits per heavy atom. The molecule has 21 heavy (non-hydrogen) atoms. The Kier molecular flexibility index (Phi) is 16.1. The number of phosphoric ester groups is 1. The summed E-state index contributed by atoms with van der Waals surface area (Å²) in [6.45, 7) is 3.14. The Hall–Kier alpha value is 0.690. The minimum atomic E-state index is -3.46. The van der Waals surface area contributed by atoms with E-state index in [0.717, 1.165) is 12.8 Å². The van der Waals surface area contributed by atoms with Crippen LogP contribution in [0.2, 0.25) is 0 Å². The minimum absolute atomic E-state index is 0.276. The van der Waals surface area contributed by atoms with Gasteiger partial charge in [-0.3, -0.25) is 13.6 Å². The van der Waals surface area contributed by atoms with E-state index >= 15 is 0 Å². The van der Waals surface area contributed by atoms with Crippen LogP contribution in [-0.2, 0) is 18.1 Å². The Bertz CT molecular complexity index is 253. The first-order valence-corrected chi connectivity index (χ1v) is 10.4. The molecule has 0 unspecified atom stereocenters. The van der Waals surface area contributed by atoms with E-state index in [9.17, 15) is 4.57 Å². The van der Waals surface area contributed by atoms with Gasteiger partial charge in [0, 0.05) is 11.8 Å². The standard InChI is InChI=1S/C14H29Cl2O4P/c1-2-3-4-5-6-7-12-18-21(17,19-13-8-10-15)20-14-9-11-16/h2-14H2,1H3. The van der Waals surface area contributed by atoms with Gasteiger partial charge >= 0.3 is 7.82 Å². The lowest BCUT2D eigenvalue weighted by molar-refractivity contribution is 0.112. The number of rotatable bonds is 16. The van der Waals surface area contributed by atoms with E-state index in [4.69, 9.17) is 36.8 Å². The summed E-state index contributed by atoms with van der Waals surface area (Å²) < 4.78 is 28.2. The van der Waals surface area contributed by atoms with E-state index in [2.05, 4.69) is 6.92 Å². The Labute approximate surface area is 139 Å². The van der Waals surface area contributed by atoms with Crippen molar-refractivity contribution in [2.75, 3.05) is 31.6 Å². The molecular weight excluding hydrogens is 334 g/mol. The van der Waals surface area contributed by atoms with Crippen LogP contribution in [0, 0.1) is 0 Å². The van der Waals surface area contributed by atoms with Crippen LogP contribution in [0.25, 0.3) is 0 Å². The molecule has 0 spiro atoms. The molecule has 0 heterocycles. The second kappa shape index (κ2) is 15.6. The highest BCUT2D eigenvalue weighted by molar-refractivity contribution is 7.48. The monoisotopic (exact) mass is 362 g/mol.